The lowest BCUT2D eigenvalue weighted by Crippen LogP contribution is -2.39. The molecular weight excluding hydrogens is 410 g/mol. The molecule has 172 valence electrons. The molecule has 2 amide bonds. The summed E-state index contributed by atoms with van der Waals surface area (Å²) in [7, 11) is 0. The molecule has 0 spiro atoms. The summed E-state index contributed by atoms with van der Waals surface area (Å²) >= 11 is 0. The van der Waals surface area contributed by atoms with E-state index in [0.29, 0.717) is 24.4 Å². The molecule has 0 bridgehead atoms. The van der Waals surface area contributed by atoms with Gasteiger partial charge in [0.1, 0.15) is 0 Å². The third-order valence-electron chi connectivity index (χ3n) is 6.73. The monoisotopic (exact) mass is 443 g/mol. The van der Waals surface area contributed by atoms with Crippen LogP contribution in [-0.2, 0) is 11.2 Å². The van der Waals surface area contributed by atoms with Gasteiger partial charge < -0.3 is 10.6 Å². The predicted molar refractivity (Wildman–Crippen MR) is 133 cm³/mol. The van der Waals surface area contributed by atoms with E-state index in [9.17, 15) is 9.59 Å². The van der Waals surface area contributed by atoms with Gasteiger partial charge in [0.05, 0.1) is 16.8 Å². The van der Waals surface area contributed by atoms with Gasteiger partial charge in [0.15, 0.2) is 0 Å². The van der Waals surface area contributed by atoms with Crippen molar-refractivity contribution in [2.24, 2.45) is 5.92 Å². The zero-order valence-electron chi connectivity index (χ0n) is 19.6. The molecule has 2 aromatic carbocycles. The van der Waals surface area contributed by atoms with Crippen molar-refractivity contribution in [2.75, 3.05) is 6.54 Å². The first-order valence-electron chi connectivity index (χ1n) is 12.1. The van der Waals surface area contributed by atoms with Crippen LogP contribution >= 0.6 is 0 Å². The Morgan fingerprint density at radius 3 is 2.42 bits per heavy atom. The molecule has 33 heavy (non-hydrogen) atoms. The molecule has 1 aromatic heterocycles. The molecule has 4 rings (SSSR count). The largest absolute Gasteiger partial charge is 0.356 e. The average molecular weight is 444 g/mol. The van der Waals surface area contributed by atoms with E-state index in [1.165, 1.54) is 39.0 Å². The minimum absolute atomic E-state index is 0.0540. The number of carbonyl (C=O) groups excluding carboxylic acids is 2. The zero-order valence-corrected chi connectivity index (χ0v) is 19.6. The molecule has 0 radical (unpaired) electrons. The summed E-state index contributed by atoms with van der Waals surface area (Å²) in [4.78, 5) is 30.3. The van der Waals surface area contributed by atoms with E-state index in [2.05, 4.69) is 17.6 Å². The maximum atomic E-state index is 13.8. The summed E-state index contributed by atoms with van der Waals surface area (Å²) < 4.78 is 0. The Balaban J connectivity index is 1.79. The Morgan fingerprint density at radius 2 is 1.70 bits per heavy atom. The van der Waals surface area contributed by atoms with Crippen molar-refractivity contribution in [3.63, 3.8) is 0 Å². The third kappa shape index (κ3) is 5.41. The fourth-order valence-corrected chi connectivity index (χ4v) is 4.98. The van der Waals surface area contributed by atoms with Crippen LogP contribution in [0.3, 0.4) is 0 Å². The van der Waals surface area contributed by atoms with Gasteiger partial charge in [0, 0.05) is 30.5 Å². The zero-order chi connectivity index (χ0) is 23.2. The van der Waals surface area contributed by atoms with Gasteiger partial charge in [-0.15, -0.1) is 0 Å². The van der Waals surface area contributed by atoms with Gasteiger partial charge >= 0.3 is 0 Å². The minimum atomic E-state index is -0.0815. The van der Waals surface area contributed by atoms with Gasteiger partial charge in [-0.3, -0.25) is 9.59 Å². The van der Waals surface area contributed by atoms with E-state index in [0.717, 1.165) is 27.7 Å². The Labute approximate surface area is 196 Å². The Kier molecular flexibility index (Phi) is 7.38. The highest BCUT2D eigenvalue weighted by atomic mass is 16.2. The number of nitrogens with zero attached hydrogens (tertiary/aromatic N) is 1. The predicted octanol–water partition coefficient (Wildman–Crippen LogP) is 5.28. The summed E-state index contributed by atoms with van der Waals surface area (Å²) in [6.45, 7) is 4.09. The molecule has 2 N–H and O–H groups in total. The summed E-state index contributed by atoms with van der Waals surface area (Å²) in [6, 6.07) is 17.9. The fraction of sp³-hybridized carbons (Fsp3) is 0.393. The number of carbonyl (C=O) groups is 2. The van der Waals surface area contributed by atoms with Crippen LogP contribution in [0.15, 0.2) is 54.6 Å². The van der Waals surface area contributed by atoms with E-state index in [1.807, 2.05) is 54.6 Å². The van der Waals surface area contributed by atoms with Gasteiger partial charge in [-0.05, 0) is 43.7 Å². The first kappa shape index (κ1) is 23.0. The summed E-state index contributed by atoms with van der Waals surface area (Å²) in [6.07, 6.45) is 6.64. The lowest BCUT2D eigenvalue weighted by Gasteiger charge is -2.29. The van der Waals surface area contributed by atoms with Crippen molar-refractivity contribution in [3.8, 4) is 11.3 Å². The summed E-state index contributed by atoms with van der Waals surface area (Å²) in [5.41, 5.74) is 4.12. The number of amides is 2. The molecule has 1 fully saturated rings. The average Bonchev–Trinajstić information content (AvgIpc) is 2.84. The first-order chi connectivity index (χ1) is 16.0. The molecule has 0 aliphatic heterocycles. The van der Waals surface area contributed by atoms with Crippen LogP contribution in [0.5, 0.6) is 0 Å². The summed E-state index contributed by atoms with van der Waals surface area (Å²) in [5.74, 6) is 0.385. The number of pyridine rings is 1. The molecule has 1 saturated carbocycles. The van der Waals surface area contributed by atoms with Gasteiger partial charge in [0.25, 0.3) is 5.91 Å². The molecule has 1 aliphatic carbocycles. The van der Waals surface area contributed by atoms with Crippen LogP contribution in [-0.4, -0.2) is 29.4 Å². The number of rotatable bonds is 7. The molecule has 0 unspecified atom stereocenters. The highest BCUT2D eigenvalue weighted by Crippen LogP contribution is 2.32. The molecule has 3 aromatic rings. The molecule has 1 atom stereocenters. The lowest BCUT2D eigenvalue weighted by molar-refractivity contribution is -0.118. The number of para-hydroxylation sites is 1. The number of aromatic nitrogens is 1. The van der Waals surface area contributed by atoms with Crippen LogP contribution in [0.4, 0.5) is 0 Å². The van der Waals surface area contributed by atoms with Crippen LogP contribution in [0.25, 0.3) is 22.2 Å². The van der Waals surface area contributed by atoms with Crippen molar-refractivity contribution >= 4 is 22.7 Å². The van der Waals surface area contributed by atoms with E-state index in [1.54, 1.807) is 0 Å². The molecule has 0 saturated heterocycles. The van der Waals surface area contributed by atoms with Gasteiger partial charge in [0.2, 0.25) is 5.91 Å². The van der Waals surface area contributed by atoms with Crippen LogP contribution < -0.4 is 10.6 Å². The normalized spacial score (nSPS) is 15.2. The van der Waals surface area contributed by atoms with Gasteiger partial charge in [-0.1, -0.05) is 67.8 Å². The summed E-state index contributed by atoms with van der Waals surface area (Å²) in [5, 5.41) is 7.05. The Bertz CT molecular complexity index is 1120. The van der Waals surface area contributed by atoms with E-state index >= 15 is 0 Å². The van der Waals surface area contributed by atoms with E-state index in [-0.39, 0.29) is 17.9 Å². The second kappa shape index (κ2) is 10.6. The van der Waals surface area contributed by atoms with E-state index in [4.69, 9.17) is 4.98 Å². The maximum Gasteiger partial charge on any atom is 0.252 e. The van der Waals surface area contributed by atoms with Crippen molar-refractivity contribution in [1.82, 2.24) is 15.6 Å². The number of hydrogen-bond acceptors (Lipinski definition) is 3. The fourth-order valence-electron chi connectivity index (χ4n) is 4.98. The highest BCUT2D eigenvalue weighted by Gasteiger charge is 2.26. The van der Waals surface area contributed by atoms with Gasteiger partial charge in [-0.25, -0.2) is 4.98 Å². The van der Waals surface area contributed by atoms with Crippen LogP contribution in [0.2, 0.25) is 0 Å². The SMILES string of the molecule is CC(=O)NCCc1c(-c2ccccc2)nc2ccccc2c1C(=O)N[C@@H](C)C1CCCCC1. The topological polar surface area (TPSA) is 71.1 Å². The van der Waals surface area contributed by atoms with Crippen LogP contribution in [0.1, 0.15) is 61.9 Å². The van der Waals surface area contributed by atoms with Crippen LogP contribution in [0, 0.1) is 5.92 Å². The number of benzene rings is 2. The molecular formula is C28H33N3O2. The number of fused-ring (bicyclic) bond motifs is 1. The third-order valence-corrected chi connectivity index (χ3v) is 6.73. The quantitative estimate of drug-likeness (QED) is 0.522. The number of hydrogen-bond donors (Lipinski definition) is 2. The smallest absolute Gasteiger partial charge is 0.252 e. The minimum Gasteiger partial charge on any atom is -0.356 e. The molecule has 1 aliphatic rings. The van der Waals surface area contributed by atoms with Crippen molar-refractivity contribution < 1.29 is 9.59 Å². The van der Waals surface area contributed by atoms with Crippen molar-refractivity contribution in [2.45, 2.75) is 58.4 Å². The van der Waals surface area contributed by atoms with Gasteiger partial charge in [-0.2, -0.15) is 0 Å². The lowest BCUT2D eigenvalue weighted by atomic mass is 9.84. The van der Waals surface area contributed by atoms with E-state index < -0.39 is 0 Å². The highest BCUT2D eigenvalue weighted by molar-refractivity contribution is 6.09. The van der Waals surface area contributed by atoms with Crippen molar-refractivity contribution in [3.05, 3.63) is 65.7 Å². The Hall–Kier alpha value is -3.21. The maximum absolute atomic E-state index is 13.8. The molecule has 5 nitrogen and oxygen atoms in total. The molecule has 5 heteroatoms. The first-order valence-corrected chi connectivity index (χ1v) is 12.1. The number of nitrogens with one attached hydrogen (secondary N) is 2. The second-order valence-corrected chi connectivity index (χ2v) is 9.09. The standard InChI is InChI=1S/C28H33N3O2/c1-19(21-11-5-3-6-12-21)30-28(33)26-23-15-9-10-16-25(23)31-27(22-13-7-4-8-14-22)24(26)17-18-29-20(2)32/h4,7-10,13-16,19,21H,3,5-6,11-12,17-18H2,1-2H3,(H,29,32)(H,30,33)/t19-/m0/s1. The molecule has 1 heterocycles. The van der Waals surface area contributed by atoms with Crippen molar-refractivity contribution in [1.29, 1.82) is 0 Å². The second-order valence-electron chi connectivity index (χ2n) is 9.09. The Morgan fingerprint density at radius 1 is 1.00 bits per heavy atom.